The van der Waals surface area contributed by atoms with Crippen molar-refractivity contribution in [1.29, 1.82) is 0 Å². The molecule has 0 bridgehead atoms. The number of nitrogens with two attached hydrogens (primary N) is 1. The molecule has 2 atom stereocenters. The van der Waals surface area contributed by atoms with Gasteiger partial charge in [0.15, 0.2) is 0 Å². The zero-order valence-electron chi connectivity index (χ0n) is 10.8. The van der Waals surface area contributed by atoms with Gasteiger partial charge in [0.1, 0.15) is 6.04 Å². The molecule has 0 spiro atoms. The molecule has 1 aromatic rings. The summed E-state index contributed by atoms with van der Waals surface area (Å²) in [5.41, 5.74) is 7.97. The summed E-state index contributed by atoms with van der Waals surface area (Å²) in [5, 5.41) is 12.7. The van der Waals surface area contributed by atoms with Crippen LogP contribution in [-0.4, -0.2) is 43.4 Å². The van der Waals surface area contributed by atoms with Crippen LogP contribution in [0.2, 0.25) is 5.02 Å². The molecule has 1 amide bonds. The Morgan fingerprint density at radius 1 is 1.55 bits per heavy atom. The minimum Gasteiger partial charge on any atom is -0.394 e. The van der Waals surface area contributed by atoms with Crippen LogP contribution in [0, 0.1) is 0 Å². The van der Waals surface area contributed by atoms with Crippen molar-refractivity contribution >= 4 is 28.9 Å². The molecule has 2 unspecified atom stereocenters. The summed E-state index contributed by atoms with van der Waals surface area (Å²) < 4.78 is 5.36. The number of aliphatic hydroxyl groups excluding tert-OH is 1. The molecule has 7 heteroatoms. The van der Waals surface area contributed by atoms with Crippen molar-refractivity contribution in [2.75, 3.05) is 36.6 Å². The second-order valence-electron chi connectivity index (χ2n) is 4.96. The highest BCUT2D eigenvalue weighted by Crippen LogP contribution is 2.39. The Balaban J connectivity index is 1.99. The van der Waals surface area contributed by atoms with Crippen molar-refractivity contribution < 1.29 is 14.6 Å². The second-order valence-corrected chi connectivity index (χ2v) is 5.37. The van der Waals surface area contributed by atoms with Crippen LogP contribution in [0.3, 0.4) is 0 Å². The largest absolute Gasteiger partial charge is 0.394 e. The number of rotatable bonds is 2. The third kappa shape index (κ3) is 2.14. The molecule has 2 heterocycles. The van der Waals surface area contributed by atoms with Gasteiger partial charge in [0.2, 0.25) is 5.91 Å². The van der Waals surface area contributed by atoms with Gasteiger partial charge >= 0.3 is 0 Å². The molecule has 20 heavy (non-hydrogen) atoms. The van der Waals surface area contributed by atoms with Crippen molar-refractivity contribution in [1.82, 2.24) is 0 Å². The Hall–Kier alpha value is -1.34. The lowest BCUT2D eigenvalue weighted by molar-refractivity contribution is -0.116. The lowest BCUT2D eigenvalue weighted by atomic mass is 10.1. The number of carbonyl (C=O) groups excluding carboxylic acids is 1. The summed E-state index contributed by atoms with van der Waals surface area (Å²) in [7, 11) is 0. The fraction of sp³-hybridized carbons (Fsp3) is 0.462. The molecule has 0 saturated carbocycles. The zero-order chi connectivity index (χ0) is 14.3. The van der Waals surface area contributed by atoms with E-state index >= 15 is 0 Å². The fourth-order valence-corrected chi connectivity index (χ4v) is 2.92. The van der Waals surface area contributed by atoms with Crippen LogP contribution in [0.15, 0.2) is 12.1 Å². The van der Waals surface area contributed by atoms with Crippen molar-refractivity contribution in [3.05, 3.63) is 22.7 Å². The maximum Gasteiger partial charge on any atom is 0.245 e. The third-order valence-electron chi connectivity index (χ3n) is 3.74. The highest BCUT2D eigenvalue weighted by Gasteiger charge is 2.31. The number of aliphatic hydroxyl groups is 1. The highest BCUT2D eigenvalue weighted by molar-refractivity contribution is 6.33. The van der Waals surface area contributed by atoms with Gasteiger partial charge in [-0.2, -0.15) is 0 Å². The predicted molar refractivity (Wildman–Crippen MR) is 76.0 cm³/mol. The number of nitrogens with one attached hydrogen (secondary N) is 1. The first-order chi connectivity index (χ1) is 9.61. The fourth-order valence-electron chi connectivity index (χ4n) is 2.64. The number of amides is 1. The van der Waals surface area contributed by atoms with Crippen LogP contribution >= 0.6 is 11.6 Å². The molecule has 2 aliphatic heterocycles. The first-order valence-corrected chi connectivity index (χ1v) is 6.84. The Bertz CT molecular complexity index is 552. The average Bonchev–Trinajstić information content (AvgIpc) is 2.73. The monoisotopic (exact) mass is 297 g/mol. The van der Waals surface area contributed by atoms with E-state index in [0.29, 0.717) is 36.0 Å². The number of ether oxygens (including phenoxy) is 1. The predicted octanol–water partition coefficient (Wildman–Crippen LogP) is 0.489. The number of halogens is 1. The molecular weight excluding hydrogens is 282 g/mol. The molecule has 3 rings (SSSR count). The SMILES string of the molecule is NC1C(=O)Nc2cc(N3CCOCC3CO)c(Cl)cc21. The number of carbonyl (C=O) groups is 1. The second kappa shape index (κ2) is 5.21. The highest BCUT2D eigenvalue weighted by atomic mass is 35.5. The lowest BCUT2D eigenvalue weighted by Gasteiger charge is -2.37. The van der Waals surface area contributed by atoms with Crippen LogP contribution in [-0.2, 0) is 9.53 Å². The summed E-state index contributed by atoms with van der Waals surface area (Å²) >= 11 is 6.32. The van der Waals surface area contributed by atoms with E-state index in [1.807, 2.05) is 11.0 Å². The summed E-state index contributed by atoms with van der Waals surface area (Å²) in [6, 6.07) is 2.73. The summed E-state index contributed by atoms with van der Waals surface area (Å²) in [4.78, 5) is 13.6. The van der Waals surface area contributed by atoms with E-state index in [4.69, 9.17) is 22.1 Å². The normalized spacial score (nSPS) is 25.6. The van der Waals surface area contributed by atoms with Gasteiger partial charge in [-0.3, -0.25) is 4.79 Å². The van der Waals surface area contributed by atoms with Crippen molar-refractivity contribution in [2.45, 2.75) is 12.1 Å². The summed E-state index contributed by atoms with van der Waals surface area (Å²) in [6.45, 7) is 1.66. The van der Waals surface area contributed by atoms with Gasteiger partial charge in [-0.1, -0.05) is 11.6 Å². The molecule has 108 valence electrons. The number of morpholine rings is 1. The first kappa shape index (κ1) is 13.6. The number of hydrogen-bond acceptors (Lipinski definition) is 5. The Kier molecular flexibility index (Phi) is 3.55. The van der Waals surface area contributed by atoms with Crippen LogP contribution in [0.4, 0.5) is 11.4 Å². The van der Waals surface area contributed by atoms with E-state index in [1.54, 1.807) is 6.07 Å². The molecule has 1 aromatic carbocycles. The Morgan fingerprint density at radius 3 is 3.10 bits per heavy atom. The molecule has 6 nitrogen and oxygen atoms in total. The zero-order valence-corrected chi connectivity index (χ0v) is 11.6. The van der Waals surface area contributed by atoms with Crippen LogP contribution < -0.4 is 16.0 Å². The van der Waals surface area contributed by atoms with Crippen LogP contribution in [0.5, 0.6) is 0 Å². The van der Waals surface area contributed by atoms with Gasteiger partial charge in [-0.05, 0) is 12.1 Å². The van der Waals surface area contributed by atoms with Crippen LogP contribution in [0.25, 0.3) is 0 Å². The van der Waals surface area contributed by atoms with E-state index in [1.165, 1.54) is 0 Å². The molecule has 1 fully saturated rings. The molecular formula is C13H16ClN3O3. The number of nitrogens with zero attached hydrogens (tertiary/aromatic N) is 1. The third-order valence-corrected chi connectivity index (χ3v) is 4.04. The maximum absolute atomic E-state index is 11.6. The van der Waals surface area contributed by atoms with E-state index < -0.39 is 6.04 Å². The van der Waals surface area contributed by atoms with Gasteiger partial charge in [0, 0.05) is 17.8 Å². The summed E-state index contributed by atoms with van der Waals surface area (Å²) in [5.74, 6) is -0.228. The van der Waals surface area contributed by atoms with Crippen LogP contribution in [0.1, 0.15) is 11.6 Å². The molecule has 0 radical (unpaired) electrons. The molecule has 1 saturated heterocycles. The summed E-state index contributed by atoms with van der Waals surface area (Å²) in [6.07, 6.45) is 0. The van der Waals surface area contributed by atoms with Crippen molar-refractivity contribution in [3.8, 4) is 0 Å². The van der Waals surface area contributed by atoms with Gasteiger partial charge in [-0.25, -0.2) is 0 Å². The van der Waals surface area contributed by atoms with Crippen molar-refractivity contribution in [3.63, 3.8) is 0 Å². The van der Waals surface area contributed by atoms with Gasteiger partial charge in [0.05, 0.1) is 36.6 Å². The minimum absolute atomic E-state index is 0.0146. The smallest absolute Gasteiger partial charge is 0.245 e. The quantitative estimate of drug-likeness (QED) is 0.739. The molecule has 0 aromatic heterocycles. The minimum atomic E-state index is -0.671. The van der Waals surface area contributed by atoms with Gasteiger partial charge < -0.3 is 25.8 Å². The molecule has 0 aliphatic carbocycles. The number of fused-ring (bicyclic) bond motifs is 1. The molecule has 4 N–H and O–H groups in total. The number of hydrogen-bond donors (Lipinski definition) is 3. The van der Waals surface area contributed by atoms with Gasteiger partial charge in [0.25, 0.3) is 0 Å². The number of anilines is 2. The standard InChI is InChI=1S/C13H16ClN3O3/c14-9-3-8-10(16-13(19)12(8)15)4-11(9)17-1-2-20-6-7(17)5-18/h3-4,7,12,18H,1-2,5-6,15H2,(H,16,19). The van der Waals surface area contributed by atoms with Crippen molar-refractivity contribution in [2.24, 2.45) is 5.73 Å². The van der Waals surface area contributed by atoms with E-state index in [-0.39, 0.29) is 18.6 Å². The van der Waals surface area contributed by atoms with E-state index in [0.717, 1.165) is 5.69 Å². The maximum atomic E-state index is 11.6. The topological polar surface area (TPSA) is 87.8 Å². The Morgan fingerprint density at radius 2 is 2.35 bits per heavy atom. The van der Waals surface area contributed by atoms with E-state index in [2.05, 4.69) is 5.32 Å². The van der Waals surface area contributed by atoms with E-state index in [9.17, 15) is 9.90 Å². The lowest BCUT2D eigenvalue weighted by Crippen LogP contribution is -2.47. The first-order valence-electron chi connectivity index (χ1n) is 6.47. The number of benzene rings is 1. The Labute approximate surface area is 121 Å². The average molecular weight is 298 g/mol. The van der Waals surface area contributed by atoms with Gasteiger partial charge in [-0.15, -0.1) is 0 Å². The molecule has 2 aliphatic rings.